The predicted octanol–water partition coefficient (Wildman–Crippen LogP) is 9.44. The number of unbranched alkanes of at least 4 members (excludes halogenated alkanes) is 1. The Balaban J connectivity index is 1.40. The highest BCUT2D eigenvalue weighted by Gasteiger charge is 2.67. The quantitative estimate of drug-likeness (QED) is 0.269. The van der Waals surface area contributed by atoms with Gasteiger partial charge < -0.3 is 0 Å². The molecule has 8 unspecified atom stereocenters. The van der Waals surface area contributed by atoms with E-state index in [9.17, 15) is 0 Å². The van der Waals surface area contributed by atoms with Gasteiger partial charge in [0.05, 0.1) is 14.1 Å². The fourth-order valence-electron chi connectivity index (χ4n) is 10.6. The van der Waals surface area contributed by atoms with Crippen LogP contribution in [0, 0.1) is 57.7 Å². The highest BCUT2D eigenvalue weighted by molar-refractivity contribution is 5.27. The Morgan fingerprint density at radius 3 is 2.32 bits per heavy atom. The standard InChI is InChI=1S/C33H58N/c1-22(2)12-10-11-13-24-14-15-26-30-23(20-31(3,4)5)18-25-19-28-29(34(28,8)9)21-33(25,7)27(30)16-17-32(24,26)6/h22-27,30H,10-21H2,1-9H3/q+1. The third-order valence-electron chi connectivity index (χ3n) is 12.5. The van der Waals surface area contributed by atoms with E-state index in [-0.39, 0.29) is 0 Å². The van der Waals surface area contributed by atoms with Crippen LogP contribution in [0.1, 0.15) is 126 Å². The topological polar surface area (TPSA) is 0 Å². The minimum Gasteiger partial charge on any atom is -0.261 e. The van der Waals surface area contributed by atoms with Crippen LogP contribution in [0.3, 0.4) is 0 Å². The Bertz CT molecular complexity index is 811. The highest BCUT2D eigenvalue weighted by Crippen LogP contribution is 2.72. The first kappa shape index (κ1) is 25.4. The zero-order chi connectivity index (χ0) is 24.7. The van der Waals surface area contributed by atoms with Crippen LogP contribution in [0.5, 0.6) is 0 Å². The molecule has 0 radical (unpaired) electrons. The van der Waals surface area contributed by atoms with Crippen LogP contribution in [-0.2, 0) is 0 Å². The molecule has 194 valence electrons. The number of allylic oxidation sites excluding steroid dienone is 2. The highest BCUT2D eigenvalue weighted by atomic mass is 15.4. The lowest BCUT2D eigenvalue weighted by Crippen LogP contribution is -2.55. The molecule has 3 saturated carbocycles. The zero-order valence-corrected chi connectivity index (χ0v) is 24.5. The van der Waals surface area contributed by atoms with Crippen LogP contribution in [0.4, 0.5) is 0 Å². The third-order valence-corrected chi connectivity index (χ3v) is 12.5. The fraction of sp³-hybridized carbons (Fsp3) is 0.939. The first-order valence-corrected chi connectivity index (χ1v) is 15.3. The molecule has 0 aromatic carbocycles. The summed E-state index contributed by atoms with van der Waals surface area (Å²) in [6.45, 7) is 17.9. The van der Waals surface area contributed by atoms with E-state index in [1.807, 2.05) is 11.4 Å². The summed E-state index contributed by atoms with van der Waals surface area (Å²) in [5.41, 5.74) is 5.31. The summed E-state index contributed by atoms with van der Waals surface area (Å²) < 4.78 is 1.17. The molecule has 0 saturated heterocycles. The van der Waals surface area contributed by atoms with E-state index in [2.05, 4.69) is 62.6 Å². The second-order valence-corrected chi connectivity index (χ2v) is 16.5. The summed E-state index contributed by atoms with van der Waals surface area (Å²) in [7, 11) is 4.93. The van der Waals surface area contributed by atoms with Gasteiger partial charge in [0.15, 0.2) is 11.4 Å². The molecule has 1 heterocycles. The van der Waals surface area contributed by atoms with E-state index >= 15 is 0 Å². The lowest BCUT2D eigenvalue weighted by molar-refractivity contribution is -0.743. The smallest absolute Gasteiger partial charge is 0.171 e. The monoisotopic (exact) mass is 468 g/mol. The van der Waals surface area contributed by atoms with Gasteiger partial charge in [-0.05, 0) is 103 Å². The molecule has 0 amide bonds. The number of likely N-dealkylation sites (tertiary alicyclic amines) is 1. The minimum absolute atomic E-state index is 0.458. The van der Waals surface area contributed by atoms with Crippen molar-refractivity contribution in [2.45, 2.75) is 126 Å². The maximum Gasteiger partial charge on any atom is 0.171 e. The van der Waals surface area contributed by atoms with Gasteiger partial charge in [-0.25, -0.2) is 0 Å². The van der Waals surface area contributed by atoms with Crippen LogP contribution < -0.4 is 0 Å². The molecule has 0 spiro atoms. The van der Waals surface area contributed by atoms with E-state index in [0.717, 1.165) is 41.4 Å². The van der Waals surface area contributed by atoms with Gasteiger partial charge in [0, 0.05) is 12.8 Å². The van der Waals surface area contributed by atoms with Gasteiger partial charge in [0.1, 0.15) is 0 Å². The summed E-state index contributed by atoms with van der Waals surface area (Å²) in [5.74, 6) is 6.76. The molecule has 5 aliphatic rings. The Labute approximate surface area is 213 Å². The molecular formula is C33H58N+. The number of quaternary nitrogens is 1. The molecule has 4 aliphatic carbocycles. The predicted molar refractivity (Wildman–Crippen MR) is 146 cm³/mol. The van der Waals surface area contributed by atoms with Crippen LogP contribution in [0.15, 0.2) is 11.4 Å². The van der Waals surface area contributed by atoms with Crippen molar-refractivity contribution in [1.82, 2.24) is 0 Å². The van der Waals surface area contributed by atoms with Gasteiger partial charge >= 0.3 is 0 Å². The van der Waals surface area contributed by atoms with Crippen molar-refractivity contribution in [3.63, 3.8) is 0 Å². The molecule has 8 atom stereocenters. The Morgan fingerprint density at radius 1 is 0.941 bits per heavy atom. The van der Waals surface area contributed by atoms with E-state index < -0.39 is 0 Å². The van der Waals surface area contributed by atoms with Gasteiger partial charge in [-0.1, -0.05) is 67.7 Å². The van der Waals surface area contributed by atoms with Crippen molar-refractivity contribution in [2.75, 3.05) is 14.1 Å². The second kappa shape index (κ2) is 8.36. The first-order chi connectivity index (χ1) is 15.8. The summed E-state index contributed by atoms with van der Waals surface area (Å²) in [4.78, 5) is 0. The Kier molecular flexibility index (Phi) is 6.23. The van der Waals surface area contributed by atoms with Crippen LogP contribution >= 0.6 is 0 Å². The van der Waals surface area contributed by atoms with Crippen molar-refractivity contribution in [3.05, 3.63) is 11.4 Å². The van der Waals surface area contributed by atoms with Crippen molar-refractivity contribution in [3.8, 4) is 0 Å². The molecule has 1 nitrogen and oxygen atoms in total. The molecule has 1 aliphatic heterocycles. The number of rotatable bonds is 6. The van der Waals surface area contributed by atoms with Gasteiger partial charge in [0.25, 0.3) is 0 Å². The lowest BCUT2D eigenvalue weighted by Gasteiger charge is -2.62. The van der Waals surface area contributed by atoms with E-state index in [0.29, 0.717) is 16.2 Å². The van der Waals surface area contributed by atoms with Gasteiger partial charge in [0.2, 0.25) is 0 Å². The summed E-state index contributed by atoms with van der Waals surface area (Å²) >= 11 is 0. The normalized spacial score (nSPS) is 45.0. The Morgan fingerprint density at radius 2 is 1.65 bits per heavy atom. The van der Waals surface area contributed by atoms with Gasteiger partial charge in [-0.15, -0.1) is 0 Å². The maximum atomic E-state index is 2.78. The SMILES string of the molecule is CC(C)CCCCC1CCC2C3C(CC(C)(C)C)CC4CC5=C(CC4(C)C3CCC12C)[N+]5(C)C. The van der Waals surface area contributed by atoms with Gasteiger partial charge in [-0.2, -0.15) is 0 Å². The van der Waals surface area contributed by atoms with E-state index in [1.54, 1.807) is 6.42 Å². The maximum absolute atomic E-state index is 2.78. The molecule has 0 aromatic rings. The number of hydrogen-bond acceptors (Lipinski definition) is 0. The van der Waals surface area contributed by atoms with Crippen molar-refractivity contribution in [1.29, 1.82) is 0 Å². The molecule has 34 heavy (non-hydrogen) atoms. The zero-order valence-electron chi connectivity index (χ0n) is 24.5. The first-order valence-electron chi connectivity index (χ1n) is 15.3. The number of nitrogens with zero attached hydrogens (tertiary/aromatic N) is 1. The fourth-order valence-corrected chi connectivity index (χ4v) is 10.6. The average Bonchev–Trinajstić information content (AvgIpc) is 3.06. The lowest BCUT2D eigenvalue weighted by atomic mass is 9.42. The van der Waals surface area contributed by atoms with Gasteiger partial charge in [-0.3, -0.25) is 4.48 Å². The van der Waals surface area contributed by atoms with Crippen LogP contribution in [-0.4, -0.2) is 18.6 Å². The molecule has 3 fully saturated rings. The van der Waals surface area contributed by atoms with Crippen LogP contribution in [0.25, 0.3) is 0 Å². The van der Waals surface area contributed by atoms with E-state index in [1.165, 1.54) is 75.1 Å². The molecular weight excluding hydrogens is 410 g/mol. The molecule has 0 bridgehead atoms. The third kappa shape index (κ3) is 4.07. The number of hydrogen-bond donors (Lipinski definition) is 0. The molecule has 1 heteroatoms. The molecule has 0 aromatic heterocycles. The second-order valence-electron chi connectivity index (χ2n) is 16.5. The Hall–Kier alpha value is -0.300. The summed E-state index contributed by atoms with van der Waals surface area (Å²) in [5, 5.41) is 0. The summed E-state index contributed by atoms with van der Waals surface area (Å²) in [6.07, 6.45) is 17.8. The van der Waals surface area contributed by atoms with Crippen molar-refractivity contribution < 1.29 is 4.48 Å². The van der Waals surface area contributed by atoms with Crippen molar-refractivity contribution in [2.24, 2.45) is 57.7 Å². The molecule has 5 rings (SSSR count). The molecule has 0 N–H and O–H groups in total. The number of fused-ring (bicyclic) bond motifs is 5. The van der Waals surface area contributed by atoms with Crippen LogP contribution in [0.2, 0.25) is 0 Å². The minimum atomic E-state index is 0.458. The van der Waals surface area contributed by atoms with E-state index in [4.69, 9.17) is 0 Å². The van der Waals surface area contributed by atoms with Crippen molar-refractivity contribution >= 4 is 0 Å². The summed E-state index contributed by atoms with van der Waals surface area (Å²) in [6, 6.07) is 0. The largest absolute Gasteiger partial charge is 0.261 e. The average molecular weight is 469 g/mol.